The van der Waals surface area contributed by atoms with Crippen LogP contribution in [0.25, 0.3) is 0 Å². The molecular formula is C13H20N4O. The number of aromatic nitrogens is 1. The Hall–Kier alpha value is -1.62. The Bertz CT molecular complexity index is 402. The zero-order chi connectivity index (χ0) is 12.8. The van der Waals surface area contributed by atoms with Gasteiger partial charge in [0.15, 0.2) is 0 Å². The maximum atomic E-state index is 11.7. The summed E-state index contributed by atoms with van der Waals surface area (Å²) in [5.74, 6) is -0.125. The Balaban J connectivity index is 2.00. The third-order valence-corrected chi connectivity index (χ3v) is 2.97. The minimum absolute atomic E-state index is 0.125. The predicted octanol–water partition coefficient (Wildman–Crippen LogP) is 1.64. The zero-order valence-corrected chi connectivity index (χ0v) is 10.8. The summed E-state index contributed by atoms with van der Waals surface area (Å²) in [6.07, 6.45) is 5.41. The largest absolute Gasteiger partial charge is 0.351 e. The van der Waals surface area contributed by atoms with E-state index in [0.29, 0.717) is 12.2 Å². The first-order valence-electron chi connectivity index (χ1n) is 6.55. The van der Waals surface area contributed by atoms with Gasteiger partial charge < -0.3 is 10.7 Å². The molecule has 18 heavy (non-hydrogen) atoms. The van der Waals surface area contributed by atoms with Crippen molar-refractivity contribution in [2.24, 2.45) is 0 Å². The molecule has 1 amide bonds. The molecule has 2 rings (SSSR count). The number of rotatable bonds is 4. The summed E-state index contributed by atoms with van der Waals surface area (Å²) in [5.41, 5.74) is 4.71. The number of nitrogens with one attached hydrogen (secondary N) is 2. The van der Waals surface area contributed by atoms with Gasteiger partial charge in [-0.15, -0.1) is 0 Å². The summed E-state index contributed by atoms with van der Waals surface area (Å²) in [7, 11) is 0. The first kappa shape index (κ1) is 12.8. The molecule has 0 aliphatic carbocycles. The lowest BCUT2D eigenvalue weighted by molar-refractivity contribution is 0.0951. The van der Waals surface area contributed by atoms with E-state index in [1.54, 1.807) is 12.3 Å². The molecule has 0 aromatic carbocycles. The van der Waals surface area contributed by atoms with Crippen LogP contribution in [0.2, 0.25) is 0 Å². The summed E-state index contributed by atoms with van der Waals surface area (Å²) in [6.45, 7) is 4.62. The highest BCUT2D eigenvalue weighted by Crippen LogP contribution is 2.13. The lowest BCUT2D eigenvalue weighted by Gasteiger charge is -2.27. The number of amides is 1. The molecule has 1 saturated heterocycles. The van der Waals surface area contributed by atoms with E-state index in [0.717, 1.165) is 18.8 Å². The van der Waals surface area contributed by atoms with Gasteiger partial charge in [0.1, 0.15) is 5.69 Å². The summed E-state index contributed by atoms with van der Waals surface area (Å²) in [4.78, 5) is 15.8. The van der Waals surface area contributed by atoms with Gasteiger partial charge in [0.05, 0.1) is 5.69 Å². The van der Waals surface area contributed by atoms with Gasteiger partial charge in [0, 0.05) is 25.8 Å². The van der Waals surface area contributed by atoms with Crippen LogP contribution in [0.3, 0.4) is 0 Å². The monoisotopic (exact) mass is 248 g/mol. The third kappa shape index (κ3) is 3.43. The Morgan fingerprint density at radius 1 is 1.39 bits per heavy atom. The van der Waals surface area contributed by atoms with E-state index in [9.17, 15) is 4.79 Å². The number of carbonyl (C=O) groups is 1. The maximum Gasteiger partial charge on any atom is 0.269 e. The Labute approximate surface area is 108 Å². The van der Waals surface area contributed by atoms with E-state index >= 15 is 0 Å². The van der Waals surface area contributed by atoms with Crippen LogP contribution in [0.1, 0.15) is 36.7 Å². The molecule has 0 spiro atoms. The van der Waals surface area contributed by atoms with Gasteiger partial charge in [-0.05, 0) is 31.9 Å². The predicted molar refractivity (Wildman–Crippen MR) is 71.3 cm³/mol. The van der Waals surface area contributed by atoms with Crippen molar-refractivity contribution < 1.29 is 4.79 Å². The van der Waals surface area contributed by atoms with Crippen molar-refractivity contribution in [1.29, 1.82) is 0 Å². The number of anilines is 1. The van der Waals surface area contributed by atoms with Gasteiger partial charge in [0.25, 0.3) is 5.91 Å². The van der Waals surface area contributed by atoms with Crippen molar-refractivity contribution in [2.45, 2.75) is 26.2 Å². The Morgan fingerprint density at radius 2 is 2.17 bits per heavy atom. The van der Waals surface area contributed by atoms with Crippen LogP contribution in [0.15, 0.2) is 18.3 Å². The molecule has 1 fully saturated rings. The van der Waals surface area contributed by atoms with Crippen molar-refractivity contribution >= 4 is 11.6 Å². The van der Waals surface area contributed by atoms with Gasteiger partial charge in [0.2, 0.25) is 0 Å². The first-order chi connectivity index (χ1) is 8.79. The molecule has 0 saturated carbocycles. The number of nitrogens with zero attached hydrogens (tertiary/aromatic N) is 2. The van der Waals surface area contributed by atoms with Gasteiger partial charge in [-0.25, -0.2) is 5.01 Å². The molecule has 0 bridgehead atoms. The van der Waals surface area contributed by atoms with Crippen molar-refractivity contribution in [1.82, 2.24) is 15.3 Å². The van der Waals surface area contributed by atoms with Crippen molar-refractivity contribution in [2.75, 3.05) is 25.1 Å². The van der Waals surface area contributed by atoms with Crippen molar-refractivity contribution in [3.05, 3.63) is 24.0 Å². The summed E-state index contributed by atoms with van der Waals surface area (Å²) >= 11 is 0. The number of piperidine rings is 1. The highest BCUT2D eigenvalue weighted by molar-refractivity contribution is 5.92. The van der Waals surface area contributed by atoms with Gasteiger partial charge in [-0.1, -0.05) is 6.42 Å². The quantitative estimate of drug-likeness (QED) is 0.850. The molecule has 1 aromatic heterocycles. The van der Waals surface area contributed by atoms with E-state index < -0.39 is 0 Å². The zero-order valence-electron chi connectivity index (χ0n) is 10.8. The third-order valence-electron chi connectivity index (χ3n) is 2.97. The SMILES string of the molecule is CCNC(=O)c1cc(NN2CCCCC2)ccn1. The topological polar surface area (TPSA) is 57.3 Å². The normalized spacial score (nSPS) is 16.3. The average molecular weight is 248 g/mol. The number of hydrogen-bond acceptors (Lipinski definition) is 4. The summed E-state index contributed by atoms with van der Waals surface area (Å²) in [6, 6.07) is 3.68. The van der Waals surface area contributed by atoms with Crippen LogP contribution in [0.5, 0.6) is 0 Å². The Morgan fingerprint density at radius 3 is 2.89 bits per heavy atom. The fourth-order valence-electron chi connectivity index (χ4n) is 2.06. The molecule has 2 N–H and O–H groups in total. The van der Waals surface area contributed by atoms with E-state index in [-0.39, 0.29) is 5.91 Å². The standard InChI is InChI=1S/C13H20N4O/c1-2-14-13(18)12-10-11(6-7-15-12)16-17-8-4-3-5-9-17/h6-7,10H,2-5,8-9H2,1H3,(H,14,18)(H,15,16). The van der Waals surface area contributed by atoms with Crippen molar-refractivity contribution in [3.63, 3.8) is 0 Å². The molecular weight excluding hydrogens is 228 g/mol. The second-order valence-electron chi connectivity index (χ2n) is 4.45. The van der Waals surface area contributed by atoms with Crippen LogP contribution >= 0.6 is 0 Å². The van der Waals surface area contributed by atoms with E-state index in [1.165, 1.54) is 19.3 Å². The number of hydrogen-bond donors (Lipinski definition) is 2. The highest BCUT2D eigenvalue weighted by Gasteiger charge is 2.11. The molecule has 0 radical (unpaired) electrons. The maximum absolute atomic E-state index is 11.7. The van der Waals surface area contributed by atoms with Crippen molar-refractivity contribution in [3.8, 4) is 0 Å². The molecule has 1 aliphatic heterocycles. The van der Waals surface area contributed by atoms with Gasteiger partial charge >= 0.3 is 0 Å². The van der Waals surface area contributed by atoms with Crippen LogP contribution in [0.4, 0.5) is 5.69 Å². The van der Waals surface area contributed by atoms with Crippen LogP contribution in [-0.4, -0.2) is 35.5 Å². The molecule has 1 aromatic rings. The number of hydrazine groups is 1. The van der Waals surface area contributed by atoms with Crippen LogP contribution < -0.4 is 10.7 Å². The van der Waals surface area contributed by atoms with Gasteiger partial charge in [-0.3, -0.25) is 9.78 Å². The molecule has 5 heteroatoms. The molecule has 98 valence electrons. The minimum Gasteiger partial charge on any atom is -0.351 e. The van der Waals surface area contributed by atoms with Crippen LogP contribution in [0, 0.1) is 0 Å². The lowest BCUT2D eigenvalue weighted by Crippen LogP contribution is -2.35. The average Bonchev–Trinajstić information content (AvgIpc) is 2.40. The lowest BCUT2D eigenvalue weighted by atomic mass is 10.2. The Kier molecular flexibility index (Phi) is 4.52. The second-order valence-corrected chi connectivity index (χ2v) is 4.45. The fourth-order valence-corrected chi connectivity index (χ4v) is 2.06. The summed E-state index contributed by atoms with van der Waals surface area (Å²) < 4.78 is 0. The summed E-state index contributed by atoms with van der Waals surface area (Å²) in [5, 5.41) is 4.94. The van der Waals surface area contributed by atoms with Gasteiger partial charge in [-0.2, -0.15) is 0 Å². The molecule has 0 atom stereocenters. The molecule has 2 heterocycles. The van der Waals surface area contributed by atoms with E-state index in [4.69, 9.17) is 0 Å². The highest BCUT2D eigenvalue weighted by atomic mass is 16.1. The number of pyridine rings is 1. The second kappa shape index (κ2) is 6.35. The first-order valence-corrected chi connectivity index (χ1v) is 6.55. The molecule has 1 aliphatic rings. The molecule has 0 unspecified atom stereocenters. The minimum atomic E-state index is -0.125. The van der Waals surface area contributed by atoms with E-state index in [2.05, 4.69) is 20.7 Å². The smallest absolute Gasteiger partial charge is 0.269 e. The molecule has 5 nitrogen and oxygen atoms in total. The fraction of sp³-hybridized carbons (Fsp3) is 0.538. The van der Waals surface area contributed by atoms with E-state index in [1.807, 2.05) is 13.0 Å². The van der Waals surface area contributed by atoms with Crippen LogP contribution in [-0.2, 0) is 0 Å². The number of carbonyl (C=O) groups excluding carboxylic acids is 1.